The fraction of sp³-hybridized carbons (Fsp3) is 0. The average Bonchev–Trinajstić information content (AvgIpc) is 2.50. The summed E-state index contributed by atoms with van der Waals surface area (Å²) < 4.78 is 26.7. The van der Waals surface area contributed by atoms with Crippen molar-refractivity contribution in [2.75, 3.05) is 5.32 Å². The fourth-order valence-corrected chi connectivity index (χ4v) is 2.03. The number of aromatic nitrogens is 1. The summed E-state index contributed by atoms with van der Waals surface area (Å²) in [6, 6.07) is 12.2. The van der Waals surface area contributed by atoms with Gasteiger partial charge >= 0.3 is 0 Å². The number of carbonyl (C=O) groups is 1. The molecule has 2 aromatic carbocycles. The number of fused-ring (bicyclic) bond motifs is 1. The van der Waals surface area contributed by atoms with Crippen molar-refractivity contribution in [2.24, 2.45) is 0 Å². The summed E-state index contributed by atoms with van der Waals surface area (Å²) in [5.41, 5.74) is 0.942. The molecule has 0 bridgehead atoms. The number of anilines is 1. The van der Waals surface area contributed by atoms with Crippen molar-refractivity contribution in [2.45, 2.75) is 0 Å². The van der Waals surface area contributed by atoms with Gasteiger partial charge in [0.15, 0.2) is 11.6 Å². The maximum atomic E-state index is 13.6. The van der Waals surface area contributed by atoms with Crippen molar-refractivity contribution in [3.05, 3.63) is 71.9 Å². The second-order valence-electron chi connectivity index (χ2n) is 4.47. The molecule has 0 aliphatic carbocycles. The molecule has 3 nitrogen and oxygen atoms in total. The van der Waals surface area contributed by atoms with Crippen molar-refractivity contribution in [3.63, 3.8) is 0 Å². The first-order valence-electron chi connectivity index (χ1n) is 6.25. The number of hydrogen-bond donors (Lipinski definition) is 1. The lowest BCUT2D eigenvalue weighted by atomic mass is 10.1. The van der Waals surface area contributed by atoms with Crippen LogP contribution in [0.5, 0.6) is 0 Å². The van der Waals surface area contributed by atoms with Crippen molar-refractivity contribution < 1.29 is 13.6 Å². The van der Waals surface area contributed by atoms with Gasteiger partial charge in [-0.1, -0.05) is 12.1 Å². The molecule has 0 saturated heterocycles. The number of pyridine rings is 1. The van der Waals surface area contributed by atoms with Crippen LogP contribution in [-0.4, -0.2) is 10.9 Å². The van der Waals surface area contributed by atoms with E-state index in [0.717, 1.165) is 17.0 Å². The van der Waals surface area contributed by atoms with E-state index >= 15 is 0 Å². The van der Waals surface area contributed by atoms with Gasteiger partial charge in [-0.25, -0.2) is 8.78 Å². The summed E-state index contributed by atoms with van der Waals surface area (Å²) in [6.07, 6.45) is 1.67. The monoisotopic (exact) mass is 284 g/mol. The molecule has 1 N–H and O–H groups in total. The second-order valence-corrected chi connectivity index (χ2v) is 4.47. The van der Waals surface area contributed by atoms with E-state index in [1.165, 1.54) is 12.1 Å². The van der Waals surface area contributed by atoms with Crippen molar-refractivity contribution >= 4 is 22.5 Å². The molecular formula is C16H10F2N2O. The molecule has 0 aliphatic heterocycles. The Labute approximate surface area is 119 Å². The number of nitrogens with one attached hydrogen (secondary N) is 1. The molecule has 1 aromatic heterocycles. The Hall–Kier alpha value is -2.82. The van der Waals surface area contributed by atoms with Gasteiger partial charge in [-0.2, -0.15) is 0 Å². The summed E-state index contributed by atoms with van der Waals surface area (Å²) >= 11 is 0. The molecule has 104 valence electrons. The Kier molecular flexibility index (Phi) is 3.31. The molecular weight excluding hydrogens is 274 g/mol. The Balaban J connectivity index is 1.91. The molecule has 0 saturated carbocycles. The number of benzene rings is 2. The van der Waals surface area contributed by atoms with Gasteiger partial charge in [0, 0.05) is 17.3 Å². The molecule has 3 rings (SSSR count). The lowest BCUT2D eigenvalue weighted by Gasteiger charge is -2.07. The van der Waals surface area contributed by atoms with Gasteiger partial charge < -0.3 is 5.32 Å². The lowest BCUT2D eigenvalue weighted by molar-refractivity contribution is 0.102. The Morgan fingerprint density at radius 3 is 2.76 bits per heavy atom. The molecule has 0 fully saturated rings. The molecule has 21 heavy (non-hydrogen) atoms. The largest absolute Gasteiger partial charge is 0.322 e. The predicted octanol–water partition coefficient (Wildman–Crippen LogP) is 3.77. The average molecular weight is 284 g/mol. The van der Waals surface area contributed by atoms with E-state index in [2.05, 4.69) is 10.3 Å². The van der Waals surface area contributed by atoms with E-state index in [4.69, 9.17) is 0 Å². The van der Waals surface area contributed by atoms with Crippen LogP contribution in [0.1, 0.15) is 10.4 Å². The highest BCUT2D eigenvalue weighted by atomic mass is 19.2. The van der Waals surface area contributed by atoms with E-state index in [1.54, 1.807) is 30.5 Å². The zero-order chi connectivity index (χ0) is 14.8. The minimum absolute atomic E-state index is 0.332. The molecule has 3 aromatic rings. The van der Waals surface area contributed by atoms with E-state index in [0.29, 0.717) is 5.69 Å². The van der Waals surface area contributed by atoms with Crippen molar-refractivity contribution in [1.29, 1.82) is 0 Å². The highest BCUT2D eigenvalue weighted by molar-refractivity contribution is 6.05. The number of hydrogen-bond acceptors (Lipinski definition) is 2. The highest BCUT2D eigenvalue weighted by Gasteiger charge is 2.15. The Bertz CT molecular complexity index is 833. The van der Waals surface area contributed by atoms with Gasteiger partial charge in [0.05, 0.1) is 11.1 Å². The van der Waals surface area contributed by atoms with Gasteiger partial charge in [-0.15, -0.1) is 0 Å². The molecule has 1 heterocycles. The van der Waals surface area contributed by atoms with Gasteiger partial charge in [0.1, 0.15) is 0 Å². The molecule has 0 unspecified atom stereocenters. The molecule has 0 radical (unpaired) electrons. The highest BCUT2D eigenvalue weighted by Crippen LogP contribution is 2.19. The van der Waals surface area contributed by atoms with Gasteiger partial charge in [0.25, 0.3) is 5.91 Å². The normalized spacial score (nSPS) is 10.6. The van der Waals surface area contributed by atoms with E-state index in [1.807, 2.05) is 6.07 Å². The summed E-state index contributed by atoms with van der Waals surface area (Å²) in [4.78, 5) is 16.2. The van der Waals surface area contributed by atoms with Crippen LogP contribution >= 0.6 is 0 Å². The third-order valence-electron chi connectivity index (χ3n) is 3.06. The molecule has 0 aliphatic rings. The summed E-state index contributed by atoms with van der Waals surface area (Å²) in [6.45, 7) is 0. The standard InChI is InChI=1S/C16H10F2N2O/c17-13-5-1-4-12(15(13)18)16(21)20-11-6-7-14-10(9-11)3-2-8-19-14/h1-9H,(H,20,21). The number of amides is 1. The number of carbonyl (C=O) groups excluding carboxylic acids is 1. The lowest BCUT2D eigenvalue weighted by Crippen LogP contribution is -2.14. The summed E-state index contributed by atoms with van der Waals surface area (Å²) in [5, 5.41) is 3.39. The van der Waals surface area contributed by atoms with Gasteiger partial charge in [-0.05, 0) is 36.4 Å². The zero-order valence-corrected chi connectivity index (χ0v) is 10.8. The molecule has 1 amide bonds. The number of nitrogens with zero attached hydrogens (tertiary/aromatic N) is 1. The first-order chi connectivity index (χ1) is 10.1. The van der Waals surface area contributed by atoms with Crippen LogP contribution in [0.2, 0.25) is 0 Å². The minimum Gasteiger partial charge on any atom is -0.322 e. The second kappa shape index (κ2) is 5.28. The number of rotatable bonds is 2. The van der Waals surface area contributed by atoms with Crippen LogP contribution in [0.4, 0.5) is 14.5 Å². The smallest absolute Gasteiger partial charge is 0.258 e. The molecule has 5 heteroatoms. The van der Waals surface area contributed by atoms with E-state index in [9.17, 15) is 13.6 Å². The van der Waals surface area contributed by atoms with E-state index < -0.39 is 17.5 Å². The fourth-order valence-electron chi connectivity index (χ4n) is 2.03. The maximum absolute atomic E-state index is 13.6. The van der Waals surface area contributed by atoms with Crippen molar-refractivity contribution in [3.8, 4) is 0 Å². The first kappa shape index (κ1) is 13.2. The minimum atomic E-state index is -1.16. The third kappa shape index (κ3) is 2.58. The first-order valence-corrected chi connectivity index (χ1v) is 6.25. The third-order valence-corrected chi connectivity index (χ3v) is 3.06. The molecule has 0 atom stereocenters. The molecule has 0 spiro atoms. The topological polar surface area (TPSA) is 42.0 Å². The summed E-state index contributed by atoms with van der Waals surface area (Å²) in [7, 11) is 0. The van der Waals surface area contributed by atoms with Crippen LogP contribution in [0.15, 0.2) is 54.7 Å². The van der Waals surface area contributed by atoms with Crippen LogP contribution < -0.4 is 5.32 Å². The van der Waals surface area contributed by atoms with E-state index in [-0.39, 0.29) is 5.56 Å². The summed E-state index contributed by atoms with van der Waals surface area (Å²) in [5.74, 6) is -2.90. The zero-order valence-electron chi connectivity index (χ0n) is 10.8. The Morgan fingerprint density at radius 2 is 1.90 bits per heavy atom. The van der Waals surface area contributed by atoms with Crippen LogP contribution in [-0.2, 0) is 0 Å². The van der Waals surface area contributed by atoms with Crippen LogP contribution in [0.3, 0.4) is 0 Å². The number of halogens is 2. The predicted molar refractivity (Wildman–Crippen MR) is 76.1 cm³/mol. The maximum Gasteiger partial charge on any atom is 0.258 e. The van der Waals surface area contributed by atoms with Gasteiger partial charge in [0.2, 0.25) is 0 Å². The SMILES string of the molecule is O=C(Nc1ccc2ncccc2c1)c1cccc(F)c1F. The van der Waals surface area contributed by atoms with Crippen molar-refractivity contribution in [1.82, 2.24) is 4.98 Å². The van der Waals surface area contributed by atoms with Crippen LogP contribution in [0.25, 0.3) is 10.9 Å². The van der Waals surface area contributed by atoms with Crippen LogP contribution in [0, 0.1) is 11.6 Å². The Morgan fingerprint density at radius 1 is 1.05 bits per heavy atom. The quantitative estimate of drug-likeness (QED) is 0.778. The van der Waals surface area contributed by atoms with Gasteiger partial charge in [-0.3, -0.25) is 9.78 Å².